The van der Waals surface area contributed by atoms with Gasteiger partial charge in [0.2, 0.25) is 0 Å². The number of rotatable bonds is 7. The Hall–Kier alpha value is -0.890. The second-order valence-corrected chi connectivity index (χ2v) is 5.17. The Kier molecular flexibility index (Phi) is 6.98. The number of esters is 1. The topological polar surface area (TPSA) is 61.8 Å². The molecule has 0 aromatic rings. The third-order valence-electron chi connectivity index (χ3n) is 1.77. The maximum atomic E-state index is 13.1. The average molecular weight is 252 g/mol. The highest BCUT2D eigenvalue weighted by Gasteiger charge is 2.26. The van der Waals surface area contributed by atoms with Gasteiger partial charge in [-0.2, -0.15) is 0 Å². The lowest BCUT2D eigenvalue weighted by atomic mass is 10.3. The van der Waals surface area contributed by atoms with E-state index in [4.69, 9.17) is 6.42 Å². The fourth-order valence-corrected chi connectivity index (χ4v) is 1.91. The van der Waals surface area contributed by atoms with Gasteiger partial charge < -0.3 is 13.8 Å². The number of halogens is 1. The highest BCUT2D eigenvalue weighted by Crippen LogP contribution is 2.47. The average Bonchev–Trinajstić information content (AvgIpc) is 2.32. The van der Waals surface area contributed by atoms with E-state index >= 15 is 0 Å². The Morgan fingerprint density at radius 3 is 2.50 bits per heavy atom. The lowest BCUT2D eigenvalue weighted by Gasteiger charge is -2.14. The zero-order valence-corrected chi connectivity index (χ0v) is 10.0. The number of carbonyl (C=O) groups is 1. The van der Waals surface area contributed by atoms with Crippen LogP contribution >= 0.6 is 7.60 Å². The smallest absolute Gasteiger partial charge is 0.341 e. The van der Waals surface area contributed by atoms with Crippen LogP contribution < -0.4 is 0 Å². The zero-order chi connectivity index (χ0) is 12.6. The summed E-state index contributed by atoms with van der Waals surface area (Å²) in [6.07, 6.45) is 2.44. The van der Waals surface area contributed by atoms with Gasteiger partial charge in [-0.3, -0.25) is 4.57 Å². The fourth-order valence-electron chi connectivity index (χ4n) is 0.850. The first-order valence-electron chi connectivity index (χ1n) is 4.43. The van der Waals surface area contributed by atoms with Crippen molar-refractivity contribution in [3.63, 3.8) is 0 Å². The molecule has 0 aliphatic heterocycles. The third-order valence-corrected chi connectivity index (χ3v) is 3.68. The number of hydrogen-bond acceptors (Lipinski definition) is 5. The van der Waals surface area contributed by atoms with Crippen molar-refractivity contribution in [3.8, 4) is 12.3 Å². The highest BCUT2D eigenvalue weighted by atomic mass is 31.2. The molecular formula is C9H14FO5P. The molecule has 0 fully saturated rings. The predicted molar refractivity (Wildman–Crippen MR) is 55.8 cm³/mol. The summed E-state index contributed by atoms with van der Waals surface area (Å²) in [6, 6.07) is 0. The summed E-state index contributed by atoms with van der Waals surface area (Å²) in [7, 11) is -0.911. The zero-order valence-electron chi connectivity index (χ0n) is 9.14. The summed E-state index contributed by atoms with van der Waals surface area (Å²) in [5.74, 6) is 0.962. The standard InChI is InChI=1S/C9H14FO5P/c1-4-6-15-9(11)8(10)5-7-16(12,13-2)14-3/h1,8H,5-7H2,2-3H3. The van der Waals surface area contributed by atoms with E-state index in [2.05, 4.69) is 13.8 Å². The normalized spacial score (nSPS) is 12.9. The lowest BCUT2D eigenvalue weighted by molar-refractivity contribution is -0.148. The Morgan fingerprint density at radius 2 is 2.06 bits per heavy atom. The molecule has 0 spiro atoms. The van der Waals surface area contributed by atoms with Gasteiger partial charge in [-0.15, -0.1) is 6.42 Å². The number of carbonyl (C=O) groups excluding carboxylic acids is 1. The van der Waals surface area contributed by atoms with Crippen LogP contribution in [0.15, 0.2) is 0 Å². The maximum Gasteiger partial charge on any atom is 0.341 e. The van der Waals surface area contributed by atoms with Crippen LogP contribution in [0.3, 0.4) is 0 Å². The molecular weight excluding hydrogens is 238 g/mol. The van der Waals surface area contributed by atoms with Crippen molar-refractivity contribution in [2.24, 2.45) is 0 Å². The second kappa shape index (κ2) is 7.39. The molecule has 0 bridgehead atoms. The van der Waals surface area contributed by atoms with Crippen LogP contribution in [0.1, 0.15) is 6.42 Å². The number of ether oxygens (including phenoxy) is 1. The van der Waals surface area contributed by atoms with Gasteiger partial charge in [-0.05, 0) is 0 Å². The minimum absolute atomic E-state index is 0.202. The lowest BCUT2D eigenvalue weighted by Crippen LogP contribution is -2.20. The molecule has 0 saturated heterocycles. The van der Waals surface area contributed by atoms with Gasteiger partial charge in [0, 0.05) is 20.6 Å². The van der Waals surface area contributed by atoms with E-state index in [0.717, 1.165) is 0 Å². The number of terminal acetylenes is 1. The molecule has 0 radical (unpaired) electrons. The molecule has 5 nitrogen and oxygen atoms in total. The van der Waals surface area contributed by atoms with Crippen LogP contribution in [-0.2, 0) is 23.1 Å². The Balaban J connectivity index is 4.07. The molecule has 7 heteroatoms. The van der Waals surface area contributed by atoms with E-state index in [0.29, 0.717) is 0 Å². The van der Waals surface area contributed by atoms with Gasteiger partial charge in [-0.1, -0.05) is 5.92 Å². The molecule has 1 unspecified atom stereocenters. The van der Waals surface area contributed by atoms with Crippen molar-refractivity contribution in [1.82, 2.24) is 0 Å². The Morgan fingerprint density at radius 1 is 1.50 bits per heavy atom. The monoisotopic (exact) mass is 252 g/mol. The van der Waals surface area contributed by atoms with E-state index in [-0.39, 0.29) is 19.2 Å². The van der Waals surface area contributed by atoms with E-state index in [1.165, 1.54) is 14.2 Å². The largest absolute Gasteiger partial charge is 0.450 e. The fraction of sp³-hybridized carbons (Fsp3) is 0.667. The van der Waals surface area contributed by atoms with E-state index in [1.54, 1.807) is 0 Å². The van der Waals surface area contributed by atoms with Gasteiger partial charge in [0.25, 0.3) is 0 Å². The molecule has 0 saturated carbocycles. The van der Waals surface area contributed by atoms with Crippen LogP contribution in [-0.4, -0.2) is 39.1 Å². The minimum Gasteiger partial charge on any atom is -0.450 e. The summed E-state index contributed by atoms with van der Waals surface area (Å²) in [4.78, 5) is 10.9. The molecule has 0 aliphatic carbocycles. The third kappa shape index (κ3) is 5.26. The van der Waals surface area contributed by atoms with Crippen LogP contribution in [0.2, 0.25) is 0 Å². The summed E-state index contributed by atoms with van der Waals surface area (Å²) in [6.45, 7) is -0.286. The summed E-state index contributed by atoms with van der Waals surface area (Å²) >= 11 is 0. The molecule has 0 aromatic carbocycles. The van der Waals surface area contributed by atoms with Crippen molar-refractivity contribution >= 4 is 13.6 Å². The highest BCUT2D eigenvalue weighted by molar-refractivity contribution is 7.53. The number of hydrogen-bond donors (Lipinski definition) is 0. The maximum absolute atomic E-state index is 13.1. The molecule has 0 rings (SSSR count). The first-order valence-corrected chi connectivity index (χ1v) is 6.16. The molecule has 0 heterocycles. The van der Waals surface area contributed by atoms with E-state index in [9.17, 15) is 13.8 Å². The van der Waals surface area contributed by atoms with Crippen molar-refractivity contribution in [3.05, 3.63) is 0 Å². The summed E-state index contributed by atoms with van der Waals surface area (Å²) in [5, 5.41) is 0. The predicted octanol–water partition coefficient (Wildman–Crippen LogP) is 1.38. The van der Waals surface area contributed by atoms with Gasteiger partial charge in [-0.25, -0.2) is 9.18 Å². The quantitative estimate of drug-likeness (QED) is 0.389. The van der Waals surface area contributed by atoms with Crippen molar-refractivity contribution in [2.75, 3.05) is 27.0 Å². The van der Waals surface area contributed by atoms with Crippen molar-refractivity contribution < 1.29 is 27.5 Å². The molecule has 0 aromatic heterocycles. The van der Waals surface area contributed by atoms with E-state index in [1.807, 2.05) is 5.92 Å². The molecule has 16 heavy (non-hydrogen) atoms. The van der Waals surface area contributed by atoms with E-state index < -0.39 is 19.7 Å². The van der Waals surface area contributed by atoms with Crippen LogP contribution in [0.25, 0.3) is 0 Å². The SMILES string of the molecule is C#CCOC(=O)C(F)CCP(=O)(OC)OC. The van der Waals surface area contributed by atoms with Gasteiger partial charge in [0.1, 0.15) is 0 Å². The van der Waals surface area contributed by atoms with Gasteiger partial charge in [0.15, 0.2) is 12.8 Å². The molecule has 92 valence electrons. The van der Waals surface area contributed by atoms with Crippen LogP contribution in [0.5, 0.6) is 0 Å². The second-order valence-electron chi connectivity index (χ2n) is 2.77. The first-order chi connectivity index (χ1) is 7.49. The van der Waals surface area contributed by atoms with Gasteiger partial charge in [0.05, 0.1) is 6.16 Å². The molecule has 0 aliphatic rings. The molecule has 0 N–H and O–H groups in total. The van der Waals surface area contributed by atoms with Gasteiger partial charge >= 0.3 is 13.6 Å². The van der Waals surface area contributed by atoms with Crippen LogP contribution in [0, 0.1) is 12.3 Å². The first kappa shape index (κ1) is 15.1. The summed E-state index contributed by atoms with van der Waals surface area (Å²) < 4.78 is 38.2. The Labute approximate surface area is 93.8 Å². The molecule has 0 amide bonds. The van der Waals surface area contributed by atoms with Crippen molar-refractivity contribution in [1.29, 1.82) is 0 Å². The Bertz CT molecular complexity index is 304. The summed E-state index contributed by atoms with van der Waals surface area (Å²) in [5.41, 5.74) is 0. The number of alkyl halides is 1. The minimum atomic E-state index is -3.29. The van der Waals surface area contributed by atoms with Crippen molar-refractivity contribution in [2.45, 2.75) is 12.6 Å². The van der Waals surface area contributed by atoms with Crippen LogP contribution in [0.4, 0.5) is 4.39 Å². The molecule has 1 atom stereocenters.